The van der Waals surface area contributed by atoms with Gasteiger partial charge in [0, 0.05) is 30.2 Å². The first-order valence-electron chi connectivity index (χ1n) is 10.3. The number of benzene rings is 3. The second-order valence-corrected chi connectivity index (χ2v) is 8.84. The van der Waals surface area contributed by atoms with Gasteiger partial charge in [0.25, 0.3) is 5.91 Å². The molecule has 1 aliphatic heterocycles. The Kier molecular flexibility index (Phi) is 5.62. The van der Waals surface area contributed by atoms with Crippen molar-refractivity contribution in [3.8, 4) is 0 Å². The molecule has 1 unspecified atom stereocenters. The molecule has 0 saturated carbocycles. The van der Waals surface area contributed by atoms with Gasteiger partial charge < -0.3 is 9.45 Å². The highest BCUT2D eigenvalue weighted by Crippen LogP contribution is 2.25. The van der Waals surface area contributed by atoms with Crippen LogP contribution in [0.15, 0.2) is 102 Å². The van der Waals surface area contributed by atoms with E-state index < -0.39 is 11.4 Å². The Hall–Kier alpha value is -3.61. The molecule has 158 valence electrons. The van der Waals surface area contributed by atoms with Gasteiger partial charge in [-0.05, 0) is 47.5 Å². The average Bonchev–Trinajstić information content (AvgIpc) is 2.81. The van der Waals surface area contributed by atoms with Gasteiger partial charge in [-0.15, -0.1) is 0 Å². The third kappa shape index (κ3) is 4.23. The summed E-state index contributed by atoms with van der Waals surface area (Å²) < 4.78 is 15.9. The third-order valence-corrected chi connectivity index (χ3v) is 6.53. The summed E-state index contributed by atoms with van der Waals surface area (Å²) in [7, 11) is 0. The van der Waals surface area contributed by atoms with Crippen LogP contribution in [0.1, 0.15) is 15.9 Å². The second-order valence-electron chi connectivity index (χ2n) is 7.65. The summed E-state index contributed by atoms with van der Waals surface area (Å²) in [5.74, 6) is 0.00105. The normalized spacial score (nSPS) is 14.0. The fourth-order valence-electron chi connectivity index (χ4n) is 3.72. The molecule has 1 amide bonds. The predicted octanol–water partition coefficient (Wildman–Crippen LogP) is 4.91. The molecule has 0 radical (unpaired) electrons. The monoisotopic (exact) mass is 439 g/mol. The lowest BCUT2D eigenvalue weighted by Crippen LogP contribution is -2.44. The number of fused-ring (bicyclic) bond motifs is 1. The summed E-state index contributed by atoms with van der Waals surface area (Å²) in [5.41, 5.74) is 4.40. The van der Waals surface area contributed by atoms with Crippen LogP contribution in [0.2, 0.25) is 0 Å². The maximum atomic E-state index is 12.9. The van der Waals surface area contributed by atoms with Crippen LogP contribution < -0.4 is 4.72 Å². The molecule has 1 saturated heterocycles. The Balaban J connectivity index is 1.23. The molecule has 6 heteroatoms. The Bertz CT molecular complexity index is 1280. The van der Waals surface area contributed by atoms with Crippen LogP contribution in [0.25, 0.3) is 17.0 Å². The molecule has 2 heterocycles. The number of likely N-dealkylation sites (tertiary alicyclic amines) is 1. The Labute approximate surface area is 189 Å². The maximum absolute atomic E-state index is 12.9. The number of nitrogens with zero attached hydrogens (tertiary/aromatic N) is 2. The molecule has 1 aromatic heterocycles. The number of para-hydroxylation sites is 1. The van der Waals surface area contributed by atoms with Crippen LogP contribution in [0, 0.1) is 0 Å². The van der Waals surface area contributed by atoms with Gasteiger partial charge in [0.1, 0.15) is 16.9 Å². The summed E-state index contributed by atoms with van der Waals surface area (Å²) in [6.07, 6.45) is 3.83. The smallest absolute Gasteiger partial charge is 0.254 e. The van der Waals surface area contributed by atoms with Crippen molar-refractivity contribution in [2.24, 2.45) is 0 Å². The molecule has 1 atom stereocenters. The largest absolute Gasteiger partial charge is 0.588 e. The van der Waals surface area contributed by atoms with Gasteiger partial charge in [-0.1, -0.05) is 54.6 Å². The lowest BCUT2D eigenvalue weighted by Gasteiger charge is -2.34. The van der Waals surface area contributed by atoms with Crippen molar-refractivity contribution in [2.45, 2.75) is 4.90 Å². The highest BCUT2D eigenvalue weighted by molar-refractivity contribution is 7.93. The highest BCUT2D eigenvalue weighted by Gasteiger charge is 2.26. The summed E-state index contributed by atoms with van der Waals surface area (Å²) >= 11 is -1.47. The van der Waals surface area contributed by atoms with Gasteiger partial charge in [0.05, 0.1) is 5.69 Å². The number of rotatable bonds is 5. The van der Waals surface area contributed by atoms with E-state index in [2.05, 4.69) is 27.9 Å². The topological polar surface area (TPSA) is 68.3 Å². The minimum atomic E-state index is -1.47. The zero-order chi connectivity index (χ0) is 21.9. The molecule has 1 N–H and O–H groups in total. The van der Waals surface area contributed by atoms with Gasteiger partial charge in [-0.2, -0.15) is 0 Å². The first-order valence-corrected chi connectivity index (χ1v) is 11.5. The molecule has 1 fully saturated rings. The van der Waals surface area contributed by atoms with Crippen LogP contribution >= 0.6 is 0 Å². The summed E-state index contributed by atoms with van der Waals surface area (Å²) in [6.45, 7) is 1.29. The molecular formula is C26H21N3O2S. The summed E-state index contributed by atoms with van der Waals surface area (Å²) in [4.78, 5) is 19.5. The predicted molar refractivity (Wildman–Crippen MR) is 129 cm³/mol. The van der Waals surface area contributed by atoms with Crippen LogP contribution in [0.4, 0.5) is 5.69 Å². The van der Waals surface area contributed by atoms with Crippen molar-refractivity contribution >= 4 is 39.9 Å². The first-order chi connectivity index (χ1) is 15.7. The van der Waals surface area contributed by atoms with E-state index in [9.17, 15) is 9.35 Å². The number of nitrogens with one attached hydrogen (secondary N) is 1. The van der Waals surface area contributed by atoms with Crippen molar-refractivity contribution in [2.75, 3.05) is 17.8 Å². The van der Waals surface area contributed by atoms with E-state index in [1.807, 2.05) is 47.4 Å². The van der Waals surface area contributed by atoms with Gasteiger partial charge in [-0.25, -0.2) is 4.72 Å². The van der Waals surface area contributed by atoms with E-state index in [0.717, 1.165) is 10.9 Å². The minimum absolute atomic E-state index is 0.00105. The lowest BCUT2D eigenvalue weighted by molar-refractivity contribution is 0.0729. The number of amides is 1. The number of aromatic nitrogens is 1. The van der Waals surface area contributed by atoms with Gasteiger partial charge in [-0.3, -0.25) is 9.78 Å². The molecule has 32 heavy (non-hydrogen) atoms. The van der Waals surface area contributed by atoms with Crippen molar-refractivity contribution in [1.82, 2.24) is 9.88 Å². The number of pyridine rings is 1. The van der Waals surface area contributed by atoms with Crippen molar-refractivity contribution in [1.29, 1.82) is 0 Å². The quantitative estimate of drug-likeness (QED) is 0.449. The van der Waals surface area contributed by atoms with Gasteiger partial charge >= 0.3 is 0 Å². The first kappa shape index (κ1) is 20.3. The molecule has 1 aliphatic rings. The molecule has 5 rings (SSSR count). The Morgan fingerprint density at radius 1 is 0.938 bits per heavy atom. The van der Waals surface area contributed by atoms with Gasteiger partial charge in [0.2, 0.25) is 4.90 Å². The van der Waals surface area contributed by atoms with Crippen LogP contribution in [0.3, 0.4) is 0 Å². The van der Waals surface area contributed by atoms with Crippen molar-refractivity contribution < 1.29 is 9.35 Å². The van der Waals surface area contributed by atoms with Gasteiger partial charge in [0.15, 0.2) is 0 Å². The number of carbonyl (C=O) groups excluding carboxylic acids is 1. The van der Waals surface area contributed by atoms with Crippen molar-refractivity contribution in [3.63, 3.8) is 0 Å². The van der Waals surface area contributed by atoms with Crippen LogP contribution in [-0.4, -0.2) is 33.4 Å². The standard InChI is InChI=1S/C26H21N3O2S/c30-26(29-17-20(18-29)16-19-6-2-1-3-7-19)22-11-13-23(14-12-22)28-32(31)24-10-4-8-21-9-5-15-27-25(21)24/h1-16,28H,17-18H2. The van der Waals surface area contributed by atoms with Crippen molar-refractivity contribution in [3.05, 3.63) is 108 Å². The fraction of sp³-hybridized carbons (Fsp3) is 0.0769. The molecular weight excluding hydrogens is 418 g/mol. The van der Waals surface area contributed by atoms with E-state index in [4.69, 9.17) is 0 Å². The zero-order valence-corrected chi connectivity index (χ0v) is 18.1. The third-order valence-electron chi connectivity index (χ3n) is 5.38. The summed E-state index contributed by atoms with van der Waals surface area (Å²) in [6, 6.07) is 26.6. The SMILES string of the molecule is O=C(c1ccc(N[S+]([O-])c2cccc3cccnc23)cc1)N1CC(=Cc2ccccc2)C1. The molecule has 4 aromatic rings. The van der Waals surface area contributed by atoms with E-state index >= 15 is 0 Å². The van der Waals surface area contributed by atoms with Crippen LogP contribution in [0.5, 0.6) is 0 Å². The number of carbonyl (C=O) groups is 1. The molecule has 3 aromatic carbocycles. The van der Waals surface area contributed by atoms with E-state index in [1.54, 1.807) is 36.5 Å². The summed E-state index contributed by atoms with van der Waals surface area (Å²) in [5, 5.41) is 0.941. The second kappa shape index (κ2) is 8.86. The Morgan fingerprint density at radius 2 is 1.69 bits per heavy atom. The number of anilines is 1. The van der Waals surface area contributed by atoms with E-state index in [-0.39, 0.29) is 5.91 Å². The average molecular weight is 440 g/mol. The number of hydrogen-bond donors (Lipinski definition) is 1. The molecule has 0 aliphatic carbocycles. The van der Waals surface area contributed by atoms with Crippen LogP contribution in [-0.2, 0) is 11.4 Å². The fourth-order valence-corrected chi connectivity index (χ4v) is 4.72. The molecule has 0 spiro atoms. The lowest BCUT2D eigenvalue weighted by atomic mass is 10.0. The zero-order valence-electron chi connectivity index (χ0n) is 17.3. The van der Waals surface area contributed by atoms with E-state index in [0.29, 0.717) is 34.8 Å². The maximum Gasteiger partial charge on any atom is 0.254 e. The molecule has 0 bridgehead atoms. The Morgan fingerprint density at radius 3 is 2.47 bits per heavy atom. The van der Waals surface area contributed by atoms with E-state index in [1.165, 1.54) is 5.57 Å². The molecule has 5 nitrogen and oxygen atoms in total. The highest BCUT2D eigenvalue weighted by atomic mass is 32.2. The minimum Gasteiger partial charge on any atom is -0.588 e. The number of hydrogen-bond acceptors (Lipinski definition) is 4.